The van der Waals surface area contributed by atoms with Crippen LogP contribution in [0.15, 0.2) is 24.3 Å². The predicted molar refractivity (Wildman–Crippen MR) is 119 cm³/mol. The third kappa shape index (κ3) is 5.95. The number of hydrogen-bond acceptors (Lipinski definition) is 4. The zero-order valence-corrected chi connectivity index (χ0v) is 19.1. The molecule has 1 aliphatic heterocycles. The average molecular weight is 478 g/mol. The molecule has 2 heterocycles. The molecule has 2 aliphatic rings. The first-order chi connectivity index (χ1) is 16.3. The molecule has 0 spiro atoms. The van der Waals surface area contributed by atoms with Gasteiger partial charge in [-0.2, -0.15) is 13.2 Å². The van der Waals surface area contributed by atoms with E-state index in [0.717, 1.165) is 49.5 Å². The summed E-state index contributed by atoms with van der Waals surface area (Å²) in [6.45, 7) is 1.88. The Balaban J connectivity index is 1.30. The van der Waals surface area contributed by atoms with E-state index < -0.39 is 11.7 Å². The van der Waals surface area contributed by atoms with Crippen LogP contribution in [0.2, 0.25) is 0 Å². The molecule has 10 heteroatoms. The minimum absolute atomic E-state index is 0.0788. The summed E-state index contributed by atoms with van der Waals surface area (Å²) in [7, 11) is 0. The molecule has 0 bridgehead atoms. The standard InChI is InChI=1S/C24H30F3N5O2/c25-24(26,27)19-8-4-5-17(15-19)16-22(33)31-12-10-21-30-29-20(32(21)14-13-31)9-11-28-23(34)18-6-2-1-3-7-18/h4-5,8,15,18H,1-3,6-7,9-14,16H2,(H,28,34). The molecule has 1 aliphatic carbocycles. The quantitative estimate of drug-likeness (QED) is 0.693. The van der Waals surface area contributed by atoms with Crippen molar-refractivity contribution >= 4 is 11.8 Å². The maximum absolute atomic E-state index is 13.0. The van der Waals surface area contributed by atoms with Crippen LogP contribution in [0.3, 0.4) is 0 Å². The molecule has 34 heavy (non-hydrogen) atoms. The Morgan fingerprint density at radius 1 is 1.06 bits per heavy atom. The Labute approximate surface area is 196 Å². The molecule has 4 rings (SSSR count). The minimum atomic E-state index is -4.43. The number of fused-ring (bicyclic) bond motifs is 1. The molecule has 0 atom stereocenters. The molecular formula is C24H30F3N5O2. The Morgan fingerprint density at radius 2 is 1.85 bits per heavy atom. The minimum Gasteiger partial charge on any atom is -0.355 e. The fourth-order valence-corrected chi connectivity index (χ4v) is 4.77. The molecule has 7 nitrogen and oxygen atoms in total. The van der Waals surface area contributed by atoms with E-state index in [0.29, 0.717) is 44.6 Å². The fourth-order valence-electron chi connectivity index (χ4n) is 4.77. The zero-order valence-electron chi connectivity index (χ0n) is 19.1. The number of hydrogen-bond donors (Lipinski definition) is 1. The van der Waals surface area contributed by atoms with E-state index in [2.05, 4.69) is 15.5 Å². The molecule has 184 valence electrons. The monoisotopic (exact) mass is 477 g/mol. The van der Waals surface area contributed by atoms with Crippen molar-refractivity contribution in [2.75, 3.05) is 19.6 Å². The van der Waals surface area contributed by atoms with Crippen molar-refractivity contribution in [3.63, 3.8) is 0 Å². The van der Waals surface area contributed by atoms with Gasteiger partial charge in [0.05, 0.1) is 12.0 Å². The van der Waals surface area contributed by atoms with Gasteiger partial charge in [0.25, 0.3) is 0 Å². The summed E-state index contributed by atoms with van der Waals surface area (Å²) >= 11 is 0. The molecule has 1 N–H and O–H groups in total. The van der Waals surface area contributed by atoms with E-state index in [1.54, 1.807) is 11.0 Å². The number of nitrogens with one attached hydrogen (secondary N) is 1. The van der Waals surface area contributed by atoms with Crippen molar-refractivity contribution in [3.05, 3.63) is 47.0 Å². The molecule has 1 saturated carbocycles. The maximum Gasteiger partial charge on any atom is 0.416 e. The molecule has 2 amide bonds. The third-order valence-corrected chi connectivity index (χ3v) is 6.69. The normalized spacial score (nSPS) is 17.2. The SMILES string of the molecule is O=C(NCCc1nnc2n1CCN(C(=O)Cc1cccc(C(F)(F)F)c1)CC2)C1CCCCC1. The van der Waals surface area contributed by atoms with E-state index in [9.17, 15) is 22.8 Å². The van der Waals surface area contributed by atoms with Crippen LogP contribution < -0.4 is 5.32 Å². The zero-order chi connectivity index (χ0) is 24.1. The van der Waals surface area contributed by atoms with Crippen molar-refractivity contribution in [1.82, 2.24) is 25.0 Å². The third-order valence-electron chi connectivity index (χ3n) is 6.69. The van der Waals surface area contributed by atoms with Gasteiger partial charge in [0, 0.05) is 44.9 Å². The van der Waals surface area contributed by atoms with Crippen LogP contribution in [0.4, 0.5) is 13.2 Å². The van der Waals surface area contributed by atoms with E-state index in [-0.39, 0.29) is 24.2 Å². The van der Waals surface area contributed by atoms with Gasteiger partial charge in [0.15, 0.2) is 0 Å². The van der Waals surface area contributed by atoms with Crippen molar-refractivity contribution in [3.8, 4) is 0 Å². The summed E-state index contributed by atoms with van der Waals surface area (Å²) in [5.41, 5.74) is -0.405. The molecule has 0 saturated heterocycles. The molecular weight excluding hydrogens is 447 g/mol. The number of alkyl halides is 3. The first-order valence-electron chi connectivity index (χ1n) is 11.9. The summed E-state index contributed by atoms with van der Waals surface area (Å²) in [5, 5.41) is 11.5. The van der Waals surface area contributed by atoms with E-state index in [4.69, 9.17) is 0 Å². The van der Waals surface area contributed by atoms with Gasteiger partial charge < -0.3 is 14.8 Å². The highest BCUT2D eigenvalue weighted by atomic mass is 19.4. The first kappa shape index (κ1) is 24.2. The molecule has 1 fully saturated rings. The highest BCUT2D eigenvalue weighted by molar-refractivity contribution is 5.79. The fraction of sp³-hybridized carbons (Fsp3) is 0.583. The van der Waals surface area contributed by atoms with E-state index in [1.807, 2.05) is 4.57 Å². The van der Waals surface area contributed by atoms with Gasteiger partial charge in [0.2, 0.25) is 11.8 Å². The number of aromatic nitrogens is 3. The van der Waals surface area contributed by atoms with Crippen molar-refractivity contribution in [1.29, 1.82) is 0 Å². The van der Waals surface area contributed by atoms with Gasteiger partial charge in [-0.05, 0) is 24.5 Å². The summed E-state index contributed by atoms with van der Waals surface area (Å²) < 4.78 is 40.9. The van der Waals surface area contributed by atoms with E-state index in [1.165, 1.54) is 12.5 Å². The highest BCUT2D eigenvalue weighted by Crippen LogP contribution is 2.29. The van der Waals surface area contributed by atoms with Crippen molar-refractivity contribution < 1.29 is 22.8 Å². The largest absolute Gasteiger partial charge is 0.416 e. The maximum atomic E-state index is 13.0. The van der Waals surface area contributed by atoms with Crippen molar-refractivity contribution in [2.24, 2.45) is 5.92 Å². The number of rotatable bonds is 6. The van der Waals surface area contributed by atoms with Crippen LogP contribution in [-0.4, -0.2) is 51.1 Å². The Morgan fingerprint density at radius 3 is 2.62 bits per heavy atom. The molecule has 0 unspecified atom stereocenters. The number of carbonyl (C=O) groups is 2. The summed E-state index contributed by atoms with van der Waals surface area (Å²) in [5.74, 6) is 1.57. The second kappa shape index (κ2) is 10.6. The lowest BCUT2D eigenvalue weighted by Crippen LogP contribution is -2.35. The lowest BCUT2D eigenvalue weighted by molar-refractivity contribution is -0.138. The van der Waals surface area contributed by atoms with Gasteiger partial charge in [-0.15, -0.1) is 10.2 Å². The molecule has 1 aromatic carbocycles. The van der Waals surface area contributed by atoms with Crippen LogP contribution in [0, 0.1) is 5.92 Å². The van der Waals surface area contributed by atoms with Crippen molar-refractivity contribution in [2.45, 2.75) is 64.1 Å². The number of carbonyl (C=O) groups excluding carboxylic acids is 2. The Bertz CT molecular complexity index is 1010. The average Bonchev–Trinajstić information content (AvgIpc) is 3.07. The van der Waals surface area contributed by atoms with Crippen LogP contribution in [-0.2, 0) is 41.6 Å². The Hall–Kier alpha value is -2.91. The lowest BCUT2D eigenvalue weighted by Gasteiger charge is -2.21. The second-order valence-electron chi connectivity index (χ2n) is 9.07. The number of benzene rings is 1. The summed E-state index contributed by atoms with van der Waals surface area (Å²) in [6.07, 6.45) is 1.90. The van der Waals surface area contributed by atoms with E-state index >= 15 is 0 Å². The number of nitrogens with zero attached hydrogens (tertiary/aromatic N) is 4. The molecule has 2 aromatic rings. The van der Waals surface area contributed by atoms with Gasteiger partial charge in [-0.1, -0.05) is 37.5 Å². The molecule has 0 radical (unpaired) electrons. The van der Waals surface area contributed by atoms with Crippen LogP contribution >= 0.6 is 0 Å². The topological polar surface area (TPSA) is 80.1 Å². The smallest absolute Gasteiger partial charge is 0.355 e. The van der Waals surface area contributed by atoms with Crippen LogP contribution in [0.1, 0.15) is 54.9 Å². The van der Waals surface area contributed by atoms with Gasteiger partial charge >= 0.3 is 6.18 Å². The number of halogens is 3. The summed E-state index contributed by atoms with van der Waals surface area (Å²) in [6, 6.07) is 4.91. The highest BCUT2D eigenvalue weighted by Gasteiger charge is 2.31. The van der Waals surface area contributed by atoms with Gasteiger partial charge in [0.1, 0.15) is 11.6 Å². The van der Waals surface area contributed by atoms with Crippen LogP contribution in [0.5, 0.6) is 0 Å². The predicted octanol–water partition coefficient (Wildman–Crippen LogP) is 3.16. The van der Waals surface area contributed by atoms with Crippen LogP contribution in [0.25, 0.3) is 0 Å². The Kier molecular flexibility index (Phi) is 7.53. The van der Waals surface area contributed by atoms with Gasteiger partial charge in [-0.3, -0.25) is 9.59 Å². The van der Waals surface area contributed by atoms with Gasteiger partial charge in [-0.25, -0.2) is 0 Å². The second-order valence-corrected chi connectivity index (χ2v) is 9.07. The summed E-state index contributed by atoms with van der Waals surface area (Å²) in [4.78, 5) is 26.8. The molecule has 1 aromatic heterocycles. The first-order valence-corrected chi connectivity index (χ1v) is 11.9. The number of amides is 2. The lowest BCUT2D eigenvalue weighted by atomic mass is 9.89.